The molecule has 3 N–H and O–H groups in total. The highest BCUT2D eigenvalue weighted by atomic mass is 16.5. The topological polar surface area (TPSA) is 91.4 Å². The van der Waals surface area contributed by atoms with Crippen molar-refractivity contribution in [2.45, 2.75) is 6.92 Å². The number of hydrogen-bond acceptors (Lipinski definition) is 6. The number of aryl methyl sites for hydroxylation is 1. The number of benzene rings is 3. The van der Waals surface area contributed by atoms with E-state index in [9.17, 15) is 4.79 Å². The lowest BCUT2D eigenvalue weighted by molar-refractivity contribution is 0.122. The molecule has 0 spiro atoms. The van der Waals surface area contributed by atoms with E-state index in [0.717, 1.165) is 46.9 Å². The van der Waals surface area contributed by atoms with Crippen molar-refractivity contribution in [2.75, 3.05) is 47.2 Å². The first-order valence-corrected chi connectivity index (χ1v) is 11.2. The number of nitrogens with one attached hydrogen (secondary N) is 3. The molecule has 8 heteroatoms. The third-order valence-electron chi connectivity index (χ3n) is 5.58. The second-order valence-electron chi connectivity index (χ2n) is 8.10. The van der Waals surface area contributed by atoms with Crippen molar-refractivity contribution in [3.63, 3.8) is 0 Å². The Morgan fingerprint density at radius 1 is 0.824 bits per heavy atom. The number of ether oxygens (including phenoxy) is 1. The second kappa shape index (κ2) is 9.76. The number of hydrogen-bond donors (Lipinski definition) is 3. The third-order valence-corrected chi connectivity index (χ3v) is 5.58. The number of carbonyl (C=O) groups is 1. The molecule has 34 heavy (non-hydrogen) atoms. The molecule has 5 rings (SSSR count). The van der Waals surface area contributed by atoms with Crippen molar-refractivity contribution < 1.29 is 9.53 Å². The van der Waals surface area contributed by atoms with Crippen molar-refractivity contribution in [2.24, 2.45) is 0 Å². The summed E-state index contributed by atoms with van der Waals surface area (Å²) >= 11 is 0. The highest BCUT2D eigenvalue weighted by Gasteiger charge is 2.14. The molecule has 172 valence electrons. The number of amides is 2. The highest BCUT2D eigenvalue weighted by Crippen LogP contribution is 2.23. The fourth-order valence-corrected chi connectivity index (χ4v) is 3.92. The predicted octanol–water partition coefficient (Wildman–Crippen LogP) is 5.16. The summed E-state index contributed by atoms with van der Waals surface area (Å²) in [6, 6.07) is 23.0. The molecule has 2 amide bonds. The first-order valence-electron chi connectivity index (χ1n) is 11.2. The van der Waals surface area contributed by atoms with Crippen LogP contribution in [-0.2, 0) is 4.74 Å². The van der Waals surface area contributed by atoms with Crippen LogP contribution < -0.4 is 20.9 Å². The normalized spacial score (nSPS) is 13.5. The highest BCUT2D eigenvalue weighted by molar-refractivity contribution is 6.01. The van der Waals surface area contributed by atoms with Crippen molar-refractivity contribution in [3.8, 4) is 0 Å². The maximum absolute atomic E-state index is 12.5. The number of urea groups is 1. The van der Waals surface area contributed by atoms with Gasteiger partial charge in [0.1, 0.15) is 17.5 Å². The molecule has 1 fully saturated rings. The molecule has 0 aliphatic carbocycles. The minimum absolute atomic E-state index is 0.294. The molecule has 1 saturated heterocycles. The Morgan fingerprint density at radius 2 is 1.50 bits per heavy atom. The molecule has 3 aromatic carbocycles. The van der Waals surface area contributed by atoms with Crippen molar-refractivity contribution in [1.82, 2.24) is 9.97 Å². The average Bonchev–Trinajstić information content (AvgIpc) is 2.85. The Morgan fingerprint density at radius 3 is 2.29 bits per heavy atom. The van der Waals surface area contributed by atoms with Gasteiger partial charge in [0.05, 0.1) is 13.2 Å². The largest absolute Gasteiger partial charge is 0.378 e. The number of rotatable bonds is 5. The molecule has 4 aromatic rings. The van der Waals surface area contributed by atoms with Crippen LogP contribution in [0.4, 0.5) is 33.5 Å². The van der Waals surface area contributed by atoms with Crippen LogP contribution in [-0.4, -0.2) is 42.3 Å². The summed E-state index contributed by atoms with van der Waals surface area (Å²) < 4.78 is 5.43. The zero-order valence-electron chi connectivity index (χ0n) is 18.9. The number of morpholine rings is 1. The standard InChI is InChI=1S/C26H26N6O2/c1-18-27-24(17-25(28-18)32-12-14-34-15-13-32)29-21-8-10-22(11-9-21)30-26(33)31-23-7-6-19-4-2-3-5-20(19)16-23/h2-11,16-17H,12-15H2,1H3,(H,27,28,29)(H2,30,31,33). The van der Waals surface area contributed by atoms with E-state index in [0.29, 0.717) is 24.7 Å². The average molecular weight is 455 g/mol. The Kier molecular flexibility index (Phi) is 6.22. The summed E-state index contributed by atoms with van der Waals surface area (Å²) in [6.45, 7) is 4.93. The first kappa shape index (κ1) is 21.7. The molecular formula is C26H26N6O2. The summed E-state index contributed by atoms with van der Waals surface area (Å²) in [5, 5.41) is 11.3. The Bertz CT molecular complexity index is 1300. The molecule has 0 radical (unpaired) electrons. The van der Waals surface area contributed by atoms with E-state index in [4.69, 9.17) is 4.74 Å². The lowest BCUT2D eigenvalue weighted by Gasteiger charge is -2.28. The lowest BCUT2D eigenvalue weighted by atomic mass is 10.1. The molecule has 8 nitrogen and oxygen atoms in total. The van der Waals surface area contributed by atoms with Gasteiger partial charge in [-0.25, -0.2) is 14.8 Å². The maximum Gasteiger partial charge on any atom is 0.323 e. The van der Waals surface area contributed by atoms with Crippen molar-refractivity contribution in [1.29, 1.82) is 0 Å². The number of aromatic nitrogens is 2. The van der Waals surface area contributed by atoms with Crippen LogP contribution in [0, 0.1) is 6.92 Å². The summed E-state index contributed by atoms with van der Waals surface area (Å²) in [7, 11) is 0. The smallest absolute Gasteiger partial charge is 0.323 e. The number of anilines is 5. The molecule has 1 aliphatic heterocycles. The number of fused-ring (bicyclic) bond motifs is 1. The van der Waals surface area contributed by atoms with Crippen molar-refractivity contribution in [3.05, 3.63) is 78.6 Å². The van der Waals surface area contributed by atoms with Gasteiger partial charge in [-0.05, 0) is 54.1 Å². The van der Waals surface area contributed by atoms with Gasteiger partial charge in [0.25, 0.3) is 0 Å². The van der Waals surface area contributed by atoms with Gasteiger partial charge in [0, 0.05) is 36.2 Å². The zero-order chi connectivity index (χ0) is 23.3. The van der Waals surface area contributed by atoms with E-state index in [1.165, 1.54) is 0 Å². The number of nitrogens with zero attached hydrogens (tertiary/aromatic N) is 3. The van der Waals surface area contributed by atoms with E-state index in [1.807, 2.05) is 79.7 Å². The van der Waals surface area contributed by atoms with Gasteiger partial charge in [0.2, 0.25) is 0 Å². The van der Waals surface area contributed by atoms with Crippen LogP contribution in [0.1, 0.15) is 5.82 Å². The second-order valence-corrected chi connectivity index (χ2v) is 8.10. The van der Waals surface area contributed by atoms with Crippen LogP contribution in [0.25, 0.3) is 10.8 Å². The maximum atomic E-state index is 12.5. The van der Waals surface area contributed by atoms with Crippen LogP contribution >= 0.6 is 0 Å². The fourth-order valence-electron chi connectivity index (χ4n) is 3.92. The van der Waals surface area contributed by atoms with Gasteiger partial charge in [-0.1, -0.05) is 30.3 Å². The van der Waals surface area contributed by atoms with Gasteiger partial charge in [-0.15, -0.1) is 0 Å². The van der Waals surface area contributed by atoms with Crippen LogP contribution in [0.15, 0.2) is 72.8 Å². The van der Waals surface area contributed by atoms with Gasteiger partial charge < -0.3 is 25.6 Å². The van der Waals surface area contributed by atoms with Crippen LogP contribution in [0.5, 0.6) is 0 Å². The molecule has 1 aliphatic rings. The van der Waals surface area contributed by atoms with E-state index >= 15 is 0 Å². The minimum Gasteiger partial charge on any atom is -0.378 e. The number of carbonyl (C=O) groups excluding carboxylic acids is 1. The first-order chi connectivity index (χ1) is 16.6. The van der Waals surface area contributed by atoms with Crippen LogP contribution in [0.2, 0.25) is 0 Å². The van der Waals surface area contributed by atoms with Gasteiger partial charge >= 0.3 is 6.03 Å². The molecule has 0 atom stereocenters. The molecule has 0 unspecified atom stereocenters. The summed E-state index contributed by atoms with van der Waals surface area (Å²) in [5.74, 6) is 2.32. The molecule has 0 bridgehead atoms. The van der Waals surface area contributed by atoms with Gasteiger partial charge in [0.15, 0.2) is 0 Å². The molecule has 0 saturated carbocycles. The monoisotopic (exact) mass is 454 g/mol. The Labute approximate surface area is 198 Å². The third kappa shape index (κ3) is 5.24. The van der Waals surface area contributed by atoms with Crippen LogP contribution in [0.3, 0.4) is 0 Å². The van der Waals surface area contributed by atoms with Crippen molar-refractivity contribution >= 4 is 45.5 Å². The van der Waals surface area contributed by atoms with Gasteiger partial charge in [-0.3, -0.25) is 0 Å². The Balaban J connectivity index is 1.21. The van der Waals surface area contributed by atoms with E-state index in [1.54, 1.807) is 0 Å². The molecule has 2 heterocycles. The lowest BCUT2D eigenvalue weighted by Crippen LogP contribution is -2.36. The van der Waals surface area contributed by atoms with E-state index < -0.39 is 0 Å². The zero-order valence-corrected chi connectivity index (χ0v) is 18.9. The summed E-state index contributed by atoms with van der Waals surface area (Å²) in [5.41, 5.74) is 2.30. The predicted molar refractivity (Wildman–Crippen MR) is 136 cm³/mol. The molecule has 1 aromatic heterocycles. The van der Waals surface area contributed by atoms with E-state index in [-0.39, 0.29) is 6.03 Å². The molecular weight excluding hydrogens is 428 g/mol. The Hall–Kier alpha value is -4.17. The SMILES string of the molecule is Cc1nc(Nc2ccc(NC(=O)Nc3ccc4ccccc4c3)cc2)cc(N2CCOCC2)n1. The van der Waals surface area contributed by atoms with E-state index in [2.05, 4.69) is 30.8 Å². The summed E-state index contributed by atoms with van der Waals surface area (Å²) in [6.07, 6.45) is 0. The summed E-state index contributed by atoms with van der Waals surface area (Å²) in [4.78, 5) is 23.7. The fraction of sp³-hybridized carbons (Fsp3) is 0.192. The van der Waals surface area contributed by atoms with Gasteiger partial charge in [-0.2, -0.15) is 0 Å². The quantitative estimate of drug-likeness (QED) is 0.386. The minimum atomic E-state index is -0.294.